The average Bonchev–Trinajstić information content (AvgIpc) is 3.36. The highest BCUT2D eigenvalue weighted by Gasteiger charge is 2.32. The van der Waals surface area contributed by atoms with Gasteiger partial charge in [-0.05, 0) is 36.6 Å². The zero-order chi connectivity index (χ0) is 30.5. The molecule has 1 aliphatic heterocycles. The van der Waals surface area contributed by atoms with Crippen LogP contribution in [0.4, 0.5) is 15.2 Å². The van der Waals surface area contributed by atoms with Gasteiger partial charge in [-0.25, -0.2) is 37.1 Å². The van der Waals surface area contributed by atoms with Gasteiger partial charge in [0.2, 0.25) is 5.91 Å². The van der Waals surface area contributed by atoms with Crippen LogP contribution in [-0.2, 0) is 14.6 Å². The second-order valence-corrected chi connectivity index (χ2v) is 13.1. The Morgan fingerprint density at radius 1 is 1.24 bits per heavy atom. The first-order valence-electron chi connectivity index (χ1n) is 13.0. The van der Waals surface area contributed by atoms with Gasteiger partial charge >= 0.3 is 5.69 Å². The van der Waals surface area contributed by atoms with E-state index in [4.69, 9.17) is 5.73 Å². The SMILES string of the molecule is C=CC(=O)N1CCN(c2nc(=O)n(-c3c(C(C)C)ccnc3S(C)(=O)=O)c3nc(-c4ncsc4N)c(F)cc23)[C@@H](C)C1. The lowest BCUT2D eigenvalue weighted by atomic mass is 10.0. The van der Waals surface area contributed by atoms with E-state index in [2.05, 4.69) is 26.5 Å². The summed E-state index contributed by atoms with van der Waals surface area (Å²) in [5, 5.41) is 0.0528. The molecule has 42 heavy (non-hydrogen) atoms. The molecule has 220 valence electrons. The molecular weight excluding hydrogens is 583 g/mol. The summed E-state index contributed by atoms with van der Waals surface area (Å²) in [7, 11) is -3.93. The number of rotatable bonds is 6. The molecule has 0 bridgehead atoms. The lowest BCUT2D eigenvalue weighted by molar-refractivity contribution is -0.126. The van der Waals surface area contributed by atoms with Gasteiger partial charge in [-0.2, -0.15) is 4.98 Å². The first-order chi connectivity index (χ1) is 19.8. The molecule has 12 nitrogen and oxygen atoms in total. The molecular formula is C27H29FN8O4S2. The van der Waals surface area contributed by atoms with Crippen LogP contribution in [0.5, 0.6) is 0 Å². The van der Waals surface area contributed by atoms with Crippen molar-refractivity contribution < 1.29 is 17.6 Å². The Labute approximate surface area is 245 Å². The van der Waals surface area contributed by atoms with E-state index in [1.165, 1.54) is 23.8 Å². The minimum Gasteiger partial charge on any atom is -0.389 e. The minimum absolute atomic E-state index is 0.00481. The molecule has 1 aliphatic rings. The van der Waals surface area contributed by atoms with Gasteiger partial charge in [-0.3, -0.25) is 4.79 Å². The summed E-state index contributed by atoms with van der Waals surface area (Å²) in [6.07, 6.45) is 3.60. The molecule has 15 heteroatoms. The third-order valence-corrected chi connectivity index (χ3v) is 8.78. The first kappa shape index (κ1) is 29.3. The number of aromatic nitrogens is 5. The number of hydrogen-bond acceptors (Lipinski definition) is 11. The standard InChI is InChI=1S/C27H29FN8O4S2/c1-6-19(37)34-9-10-35(15(4)12-34)24-17-11-18(28)20(21-23(29)41-13-31-21)32-25(17)36(27(38)33-24)22-16(14(2)3)7-8-30-26(22)42(5,39)40/h6-8,11,13-15H,1,9-10,12,29H2,2-5H3/t15-/m0/s1. The number of hydrogen-bond donors (Lipinski definition) is 1. The summed E-state index contributed by atoms with van der Waals surface area (Å²) in [5.41, 5.74) is 7.04. The maximum absolute atomic E-state index is 15.8. The van der Waals surface area contributed by atoms with Crippen LogP contribution in [0.1, 0.15) is 32.3 Å². The summed E-state index contributed by atoms with van der Waals surface area (Å²) in [6.45, 7) is 10.0. The van der Waals surface area contributed by atoms with Crippen molar-refractivity contribution in [2.45, 2.75) is 37.8 Å². The molecule has 2 N–H and O–H groups in total. The summed E-state index contributed by atoms with van der Waals surface area (Å²) in [4.78, 5) is 46.8. The van der Waals surface area contributed by atoms with Crippen molar-refractivity contribution in [1.82, 2.24) is 29.4 Å². The Balaban J connectivity index is 1.87. The Morgan fingerprint density at radius 2 is 1.98 bits per heavy atom. The molecule has 4 aromatic rings. The average molecular weight is 613 g/mol. The van der Waals surface area contributed by atoms with E-state index in [-0.39, 0.29) is 61.8 Å². The van der Waals surface area contributed by atoms with E-state index in [1.807, 2.05) is 25.7 Å². The van der Waals surface area contributed by atoms with Crippen molar-refractivity contribution in [3.05, 3.63) is 58.4 Å². The van der Waals surface area contributed by atoms with Crippen LogP contribution in [0.2, 0.25) is 0 Å². The zero-order valence-electron chi connectivity index (χ0n) is 23.4. The van der Waals surface area contributed by atoms with Crippen molar-refractivity contribution >= 4 is 48.9 Å². The lowest BCUT2D eigenvalue weighted by Crippen LogP contribution is -2.54. The number of anilines is 2. The molecule has 0 aromatic carbocycles. The Kier molecular flexibility index (Phi) is 7.57. The summed E-state index contributed by atoms with van der Waals surface area (Å²) in [5.74, 6) is -1.04. The second kappa shape index (κ2) is 10.9. The number of sulfone groups is 1. The van der Waals surface area contributed by atoms with Crippen LogP contribution in [-0.4, -0.2) is 75.7 Å². The fourth-order valence-electron chi connectivity index (χ4n) is 5.14. The van der Waals surface area contributed by atoms with Gasteiger partial charge in [0.15, 0.2) is 26.3 Å². The van der Waals surface area contributed by atoms with Gasteiger partial charge in [0.25, 0.3) is 0 Å². The van der Waals surface area contributed by atoms with Crippen molar-refractivity contribution in [3.8, 4) is 17.1 Å². The number of fused-ring (bicyclic) bond motifs is 1. The molecule has 0 aliphatic carbocycles. The number of thiazole rings is 1. The largest absolute Gasteiger partial charge is 0.389 e. The fourth-order valence-corrected chi connectivity index (χ4v) is 6.48. The quantitative estimate of drug-likeness (QED) is 0.321. The van der Waals surface area contributed by atoms with Crippen molar-refractivity contribution in [2.24, 2.45) is 0 Å². The molecule has 1 atom stereocenters. The van der Waals surface area contributed by atoms with E-state index < -0.39 is 21.3 Å². The Hall–Kier alpha value is -4.24. The van der Waals surface area contributed by atoms with Crippen molar-refractivity contribution in [3.63, 3.8) is 0 Å². The molecule has 5 heterocycles. The monoisotopic (exact) mass is 612 g/mol. The van der Waals surface area contributed by atoms with Crippen LogP contribution in [0.15, 0.2) is 46.3 Å². The van der Waals surface area contributed by atoms with E-state index in [0.717, 1.165) is 22.2 Å². The number of amides is 1. The van der Waals surface area contributed by atoms with E-state index in [1.54, 1.807) is 11.0 Å². The molecule has 0 unspecified atom stereocenters. The predicted octanol–water partition coefficient (Wildman–Crippen LogP) is 2.77. The summed E-state index contributed by atoms with van der Waals surface area (Å²) in [6, 6.07) is 2.53. The van der Waals surface area contributed by atoms with Gasteiger partial charge in [0.1, 0.15) is 22.2 Å². The third-order valence-electron chi connectivity index (χ3n) is 7.13. The number of piperazine rings is 1. The number of nitrogens with zero attached hydrogens (tertiary/aromatic N) is 7. The molecule has 0 spiro atoms. The highest BCUT2D eigenvalue weighted by Crippen LogP contribution is 2.35. The topological polar surface area (TPSA) is 157 Å². The highest BCUT2D eigenvalue weighted by atomic mass is 32.2. The maximum Gasteiger partial charge on any atom is 0.355 e. The summed E-state index contributed by atoms with van der Waals surface area (Å²) < 4.78 is 42.7. The smallest absolute Gasteiger partial charge is 0.355 e. The third kappa shape index (κ3) is 5.02. The Bertz CT molecular complexity index is 1900. The molecule has 1 amide bonds. The number of halogens is 1. The number of nitrogen functional groups attached to an aromatic ring is 1. The molecule has 4 aromatic heterocycles. The van der Waals surface area contributed by atoms with Crippen LogP contribution < -0.4 is 16.3 Å². The van der Waals surface area contributed by atoms with Gasteiger partial charge in [0, 0.05) is 38.1 Å². The van der Waals surface area contributed by atoms with Crippen LogP contribution >= 0.6 is 11.3 Å². The fraction of sp³-hybridized carbons (Fsp3) is 0.333. The normalized spacial score (nSPS) is 15.9. The van der Waals surface area contributed by atoms with Gasteiger partial charge in [-0.1, -0.05) is 20.4 Å². The highest BCUT2D eigenvalue weighted by molar-refractivity contribution is 7.90. The predicted molar refractivity (Wildman–Crippen MR) is 159 cm³/mol. The number of nitrogens with two attached hydrogens (primary N) is 1. The molecule has 0 radical (unpaired) electrons. The van der Waals surface area contributed by atoms with Crippen LogP contribution in [0.3, 0.4) is 0 Å². The zero-order valence-corrected chi connectivity index (χ0v) is 25.0. The lowest BCUT2D eigenvalue weighted by Gasteiger charge is -2.40. The maximum atomic E-state index is 15.8. The van der Waals surface area contributed by atoms with E-state index in [0.29, 0.717) is 25.2 Å². The van der Waals surface area contributed by atoms with Crippen molar-refractivity contribution in [1.29, 1.82) is 0 Å². The molecule has 1 fully saturated rings. The second-order valence-electron chi connectivity index (χ2n) is 10.3. The van der Waals surface area contributed by atoms with Gasteiger partial charge < -0.3 is 15.5 Å². The van der Waals surface area contributed by atoms with E-state index >= 15 is 4.39 Å². The molecule has 5 rings (SSSR count). The van der Waals surface area contributed by atoms with E-state index in [9.17, 15) is 18.0 Å². The molecule has 1 saturated heterocycles. The Morgan fingerprint density at radius 3 is 2.57 bits per heavy atom. The van der Waals surface area contributed by atoms with Crippen LogP contribution in [0.25, 0.3) is 28.1 Å². The number of carbonyl (C=O) groups excluding carboxylic acids is 1. The minimum atomic E-state index is -3.93. The summed E-state index contributed by atoms with van der Waals surface area (Å²) >= 11 is 1.10. The number of pyridine rings is 2. The number of carbonyl (C=O) groups is 1. The van der Waals surface area contributed by atoms with Crippen molar-refractivity contribution in [2.75, 3.05) is 36.5 Å². The first-order valence-corrected chi connectivity index (χ1v) is 15.8. The van der Waals surface area contributed by atoms with Gasteiger partial charge in [-0.15, -0.1) is 11.3 Å². The van der Waals surface area contributed by atoms with Gasteiger partial charge in [0.05, 0.1) is 16.6 Å². The molecule has 0 saturated carbocycles. The van der Waals surface area contributed by atoms with Crippen LogP contribution in [0, 0.1) is 5.82 Å².